The molecule has 10 heteroatoms. The smallest absolute Gasteiger partial charge is 0.415 e. The molecule has 1 amide bonds. The van der Waals surface area contributed by atoms with Crippen LogP contribution in [-0.2, 0) is 0 Å². The molecule has 174 valence electrons. The van der Waals surface area contributed by atoms with E-state index in [0.29, 0.717) is 43.5 Å². The van der Waals surface area contributed by atoms with E-state index in [1.165, 1.54) is 23.5 Å². The van der Waals surface area contributed by atoms with Gasteiger partial charge in [0.15, 0.2) is 0 Å². The van der Waals surface area contributed by atoms with Crippen LogP contribution in [0.4, 0.5) is 21.0 Å². The van der Waals surface area contributed by atoms with Crippen molar-refractivity contribution in [3.63, 3.8) is 0 Å². The number of nitrogen functional groups attached to an aromatic ring is 1. The van der Waals surface area contributed by atoms with E-state index in [1.807, 2.05) is 5.38 Å². The van der Waals surface area contributed by atoms with Crippen LogP contribution >= 0.6 is 11.3 Å². The van der Waals surface area contributed by atoms with E-state index in [0.717, 1.165) is 21.3 Å². The fourth-order valence-electron chi connectivity index (χ4n) is 3.92. The average molecular weight is 480 g/mol. The molecular formula is C24H22FN5O3S. The lowest BCUT2D eigenvalue weighted by atomic mass is 10.1. The third kappa shape index (κ3) is 4.32. The number of thiophene rings is 1. The number of amides is 1. The zero-order valence-electron chi connectivity index (χ0n) is 18.4. The molecule has 2 N–H and O–H groups in total. The van der Waals surface area contributed by atoms with Crippen molar-refractivity contribution in [3.05, 3.63) is 59.7 Å². The summed E-state index contributed by atoms with van der Waals surface area (Å²) in [4.78, 5) is 26.1. The molecule has 2 aromatic heterocycles. The number of halogens is 1. The largest absolute Gasteiger partial charge is 0.497 e. The minimum Gasteiger partial charge on any atom is -0.497 e. The van der Waals surface area contributed by atoms with E-state index in [1.54, 1.807) is 48.4 Å². The number of anilines is 2. The maximum Gasteiger partial charge on any atom is 0.415 e. The molecule has 3 heterocycles. The van der Waals surface area contributed by atoms with Crippen molar-refractivity contribution in [3.8, 4) is 22.6 Å². The highest BCUT2D eigenvalue weighted by molar-refractivity contribution is 7.17. The topological polar surface area (TPSA) is 93.8 Å². The number of benzene rings is 2. The predicted molar refractivity (Wildman–Crippen MR) is 130 cm³/mol. The van der Waals surface area contributed by atoms with Crippen molar-refractivity contribution in [2.24, 2.45) is 0 Å². The van der Waals surface area contributed by atoms with E-state index in [4.69, 9.17) is 15.2 Å². The number of carbonyl (C=O) groups excluding carboxylic acids is 1. The van der Waals surface area contributed by atoms with Crippen LogP contribution in [0.15, 0.2) is 53.9 Å². The standard InChI is InChI=1S/C24H22FN5O3S/c1-32-17-6-8-18(9-7-17)33-24(31)30-12-10-29(11-13-30)21-20-19(15-2-4-16(25)5-3-15)14-34-22(20)28-23(26)27-21/h2-9,14H,10-13H2,1H3,(H2,26,27,28). The Kier molecular flexibility index (Phi) is 5.89. The molecule has 5 rings (SSSR count). The molecule has 34 heavy (non-hydrogen) atoms. The van der Waals surface area contributed by atoms with Gasteiger partial charge in [-0.05, 0) is 42.0 Å². The highest BCUT2D eigenvalue weighted by atomic mass is 32.1. The molecule has 1 fully saturated rings. The van der Waals surface area contributed by atoms with Gasteiger partial charge in [-0.2, -0.15) is 4.98 Å². The first-order chi connectivity index (χ1) is 16.5. The van der Waals surface area contributed by atoms with Gasteiger partial charge < -0.3 is 25.0 Å². The molecule has 2 aromatic carbocycles. The van der Waals surface area contributed by atoms with Crippen LogP contribution in [0.1, 0.15) is 0 Å². The monoisotopic (exact) mass is 479 g/mol. The second kappa shape index (κ2) is 9.14. The van der Waals surface area contributed by atoms with Gasteiger partial charge in [0.05, 0.1) is 12.5 Å². The molecule has 1 saturated heterocycles. The number of fused-ring (bicyclic) bond motifs is 1. The zero-order valence-corrected chi connectivity index (χ0v) is 19.2. The number of hydrogen-bond acceptors (Lipinski definition) is 8. The Morgan fingerprint density at radius 3 is 2.35 bits per heavy atom. The Morgan fingerprint density at radius 2 is 1.68 bits per heavy atom. The first kappa shape index (κ1) is 21.9. The summed E-state index contributed by atoms with van der Waals surface area (Å²) in [6, 6.07) is 13.2. The van der Waals surface area contributed by atoms with Crippen molar-refractivity contribution in [1.82, 2.24) is 14.9 Å². The second-order valence-corrected chi connectivity index (χ2v) is 8.62. The molecule has 0 unspecified atom stereocenters. The highest BCUT2D eigenvalue weighted by Crippen LogP contribution is 2.39. The Bertz CT molecular complexity index is 1320. The third-order valence-corrected chi connectivity index (χ3v) is 6.56. The Labute approximate surface area is 199 Å². The fraction of sp³-hybridized carbons (Fsp3) is 0.208. The van der Waals surface area contributed by atoms with E-state index in [-0.39, 0.29) is 11.8 Å². The minimum absolute atomic E-state index is 0.191. The molecule has 4 aromatic rings. The molecule has 0 radical (unpaired) electrons. The number of methoxy groups -OCH3 is 1. The minimum atomic E-state index is -0.403. The lowest BCUT2D eigenvalue weighted by molar-refractivity contribution is 0.149. The van der Waals surface area contributed by atoms with Gasteiger partial charge in [0.25, 0.3) is 0 Å². The third-order valence-electron chi connectivity index (χ3n) is 5.69. The second-order valence-electron chi connectivity index (χ2n) is 7.76. The zero-order chi connectivity index (χ0) is 23.7. The number of nitrogens with two attached hydrogens (primary N) is 1. The molecular weight excluding hydrogens is 457 g/mol. The molecule has 0 bridgehead atoms. The van der Waals surface area contributed by atoms with Crippen LogP contribution in [0, 0.1) is 5.82 Å². The van der Waals surface area contributed by atoms with Crippen LogP contribution in [0.25, 0.3) is 21.3 Å². The van der Waals surface area contributed by atoms with E-state index in [9.17, 15) is 9.18 Å². The van der Waals surface area contributed by atoms with Gasteiger partial charge in [-0.3, -0.25) is 0 Å². The molecule has 8 nitrogen and oxygen atoms in total. The lowest BCUT2D eigenvalue weighted by Crippen LogP contribution is -2.50. The van der Waals surface area contributed by atoms with Crippen molar-refractivity contribution in [2.45, 2.75) is 0 Å². The van der Waals surface area contributed by atoms with Crippen LogP contribution < -0.4 is 20.1 Å². The summed E-state index contributed by atoms with van der Waals surface area (Å²) in [6.45, 7) is 2.05. The van der Waals surface area contributed by atoms with Crippen LogP contribution in [0.3, 0.4) is 0 Å². The molecule has 1 aliphatic heterocycles. The normalized spacial score (nSPS) is 13.8. The molecule has 0 saturated carbocycles. The average Bonchev–Trinajstić information content (AvgIpc) is 3.28. The van der Waals surface area contributed by atoms with Crippen molar-refractivity contribution in [1.29, 1.82) is 0 Å². The summed E-state index contributed by atoms with van der Waals surface area (Å²) in [7, 11) is 1.58. The Morgan fingerprint density at radius 1 is 1.00 bits per heavy atom. The number of nitrogens with zero attached hydrogens (tertiary/aromatic N) is 4. The summed E-state index contributed by atoms with van der Waals surface area (Å²) in [5.41, 5.74) is 7.80. The highest BCUT2D eigenvalue weighted by Gasteiger charge is 2.26. The van der Waals surface area contributed by atoms with Gasteiger partial charge >= 0.3 is 6.09 Å². The van der Waals surface area contributed by atoms with Gasteiger partial charge in [-0.25, -0.2) is 14.2 Å². The summed E-state index contributed by atoms with van der Waals surface area (Å²) in [5.74, 6) is 1.77. The lowest BCUT2D eigenvalue weighted by Gasteiger charge is -2.35. The number of piperazine rings is 1. The van der Waals surface area contributed by atoms with E-state index >= 15 is 0 Å². The van der Waals surface area contributed by atoms with E-state index in [2.05, 4.69) is 14.9 Å². The maximum atomic E-state index is 13.4. The van der Waals surface area contributed by atoms with Crippen LogP contribution in [-0.4, -0.2) is 54.2 Å². The summed E-state index contributed by atoms with van der Waals surface area (Å²) < 4.78 is 24.1. The van der Waals surface area contributed by atoms with Crippen molar-refractivity contribution in [2.75, 3.05) is 43.9 Å². The fourth-order valence-corrected chi connectivity index (χ4v) is 4.87. The summed E-state index contributed by atoms with van der Waals surface area (Å²) in [5, 5.41) is 2.86. The predicted octanol–water partition coefficient (Wildman–Crippen LogP) is 4.41. The number of rotatable bonds is 4. The summed E-state index contributed by atoms with van der Waals surface area (Å²) in [6.07, 6.45) is -0.403. The van der Waals surface area contributed by atoms with E-state index < -0.39 is 6.09 Å². The number of aromatic nitrogens is 2. The van der Waals surface area contributed by atoms with Gasteiger partial charge in [-0.1, -0.05) is 12.1 Å². The number of carbonyl (C=O) groups is 1. The maximum absolute atomic E-state index is 13.4. The molecule has 0 aliphatic carbocycles. The van der Waals surface area contributed by atoms with Gasteiger partial charge in [-0.15, -0.1) is 11.3 Å². The molecule has 1 aliphatic rings. The van der Waals surface area contributed by atoms with Crippen LogP contribution in [0.5, 0.6) is 11.5 Å². The van der Waals surface area contributed by atoms with Crippen LogP contribution in [0.2, 0.25) is 0 Å². The molecule has 0 spiro atoms. The first-order valence-electron chi connectivity index (χ1n) is 10.7. The SMILES string of the molecule is COc1ccc(OC(=O)N2CCN(c3nc(N)nc4scc(-c5ccc(F)cc5)c34)CC2)cc1. The first-order valence-corrected chi connectivity index (χ1v) is 11.6. The van der Waals surface area contributed by atoms with Gasteiger partial charge in [0.1, 0.15) is 28.0 Å². The summed E-state index contributed by atoms with van der Waals surface area (Å²) >= 11 is 1.47. The molecule has 0 atom stereocenters. The Balaban J connectivity index is 1.34. The van der Waals surface area contributed by atoms with Gasteiger partial charge in [0.2, 0.25) is 5.95 Å². The quantitative estimate of drug-likeness (QED) is 0.463. The number of hydrogen-bond donors (Lipinski definition) is 1. The van der Waals surface area contributed by atoms with Crippen molar-refractivity contribution < 1.29 is 18.7 Å². The number of ether oxygens (including phenoxy) is 2. The van der Waals surface area contributed by atoms with Gasteiger partial charge in [0, 0.05) is 37.1 Å². The van der Waals surface area contributed by atoms with Crippen molar-refractivity contribution >= 4 is 39.4 Å². The Hall–Kier alpha value is -3.92.